The highest BCUT2D eigenvalue weighted by atomic mass is 16.1. The molecule has 4 heteroatoms. The Labute approximate surface area is 108 Å². The number of nitrogens with zero attached hydrogens (tertiary/aromatic N) is 3. The molecule has 0 amide bonds. The zero-order valence-electron chi connectivity index (χ0n) is 11.3. The van der Waals surface area contributed by atoms with Gasteiger partial charge in [-0.3, -0.25) is 4.79 Å². The molecule has 4 nitrogen and oxygen atoms in total. The molecule has 0 aliphatic rings. The maximum Gasteiger partial charge on any atom is 0.187 e. The molecule has 0 N–H and O–H groups in total. The summed E-state index contributed by atoms with van der Waals surface area (Å²) in [5, 5.41) is 0. The fourth-order valence-corrected chi connectivity index (χ4v) is 1.21. The van der Waals surface area contributed by atoms with Crippen molar-refractivity contribution in [1.82, 2.24) is 9.80 Å². The lowest BCUT2D eigenvalue weighted by atomic mass is 10.1. The molecule has 18 heavy (non-hydrogen) atoms. The summed E-state index contributed by atoms with van der Waals surface area (Å²) in [5.41, 5.74) is 1.49. The molecule has 96 valence electrons. The van der Waals surface area contributed by atoms with Gasteiger partial charge >= 0.3 is 0 Å². The van der Waals surface area contributed by atoms with Crippen molar-refractivity contribution in [3.05, 3.63) is 42.1 Å². The van der Waals surface area contributed by atoms with Crippen molar-refractivity contribution in [3.8, 4) is 0 Å². The minimum Gasteiger partial charge on any atom is -0.383 e. The van der Waals surface area contributed by atoms with E-state index in [0.29, 0.717) is 5.56 Å². The molecule has 0 aliphatic carbocycles. The molecular weight excluding hydrogens is 226 g/mol. The molecule has 0 atom stereocenters. The van der Waals surface area contributed by atoms with Crippen molar-refractivity contribution in [3.63, 3.8) is 0 Å². The summed E-state index contributed by atoms with van der Waals surface area (Å²) in [6, 6.07) is 7.22. The Morgan fingerprint density at radius 3 is 2.17 bits per heavy atom. The van der Waals surface area contributed by atoms with E-state index < -0.39 is 0 Å². The number of aliphatic imine (C=N–C) groups is 1. The molecule has 0 saturated carbocycles. The van der Waals surface area contributed by atoms with Crippen molar-refractivity contribution in [1.29, 1.82) is 0 Å². The summed E-state index contributed by atoms with van der Waals surface area (Å²) in [4.78, 5) is 19.7. The molecule has 0 radical (unpaired) electrons. The first kappa shape index (κ1) is 14.0. The average Bonchev–Trinajstić information content (AvgIpc) is 2.34. The van der Waals surface area contributed by atoms with Crippen molar-refractivity contribution in [2.45, 2.75) is 0 Å². The first-order chi connectivity index (χ1) is 8.49. The van der Waals surface area contributed by atoms with Gasteiger partial charge < -0.3 is 9.80 Å². The number of ketones is 1. The van der Waals surface area contributed by atoms with Gasteiger partial charge in [-0.05, 0) is 24.3 Å². The Balaban J connectivity index is 2.74. The van der Waals surface area contributed by atoms with Crippen LogP contribution in [0.2, 0.25) is 0 Å². The second-order valence-corrected chi connectivity index (χ2v) is 4.40. The zero-order chi connectivity index (χ0) is 13.5. The van der Waals surface area contributed by atoms with Gasteiger partial charge in [-0.1, -0.05) is 0 Å². The maximum atomic E-state index is 11.8. The summed E-state index contributed by atoms with van der Waals surface area (Å²) in [6.07, 6.45) is 5.02. The van der Waals surface area contributed by atoms with E-state index in [1.165, 1.54) is 0 Å². The van der Waals surface area contributed by atoms with Crippen LogP contribution >= 0.6 is 0 Å². The highest BCUT2D eigenvalue weighted by molar-refractivity contribution is 6.04. The van der Waals surface area contributed by atoms with Crippen molar-refractivity contribution >= 4 is 17.8 Å². The van der Waals surface area contributed by atoms with Crippen LogP contribution in [0.4, 0.5) is 5.69 Å². The summed E-state index contributed by atoms with van der Waals surface area (Å²) in [5.74, 6) is -0.00756. The first-order valence-electron chi connectivity index (χ1n) is 5.68. The van der Waals surface area contributed by atoms with Crippen LogP contribution in [0.5, 0.6) is 0 Å². The minimum atomic E-state index is -0.00756. The number of hydrogen-bond acceptors (Lipinski definition) is 3. The molecule has 0 heterocycles. The number of allylic oxidation sites excluding steroid dienone is 1. The maximum absolute atomic E-state index is 11.8. The van der Waals surface area contributed by atoms with Crippen molar-refractivity contribution < 1.29 is 4.79 Å². The van der Waals surface area contributed by atoms with Gasteiger partial charge in [0.1, 0.15) is 0 Å². The Bertz CT molecular complexity index is 445. The fourth-order valence-electron chi connectivity index (χ4n) is 1.21. The van der Waals surface area contributed by atoms with Gasteiger partial charge in [-0.25, -0.2) is 4.99 Å². The SMILES string of the molecule is CN(C)C=CC(=O)c1ccc(N=CN(C)C)cc1. The normalized spacial score (nSPS) is 11.1. The standard InChI is InChI=1S/C14H19N3O/c1-16(2)10-9-14(18)12-5-7-13(8-6-12)15-11-17(3)4/h5-11H,1-4H3. The Kier molecular flexibility index (Phi) is 5.11. The summed E-state index contributed by atoms with van der Waals surface area (Å²) in [6.45, 7) is 0. The topological polar surface area (TPSA) is 35.9 Å². The highest BCUT2D eigenvalue weighted by Gasteiger charge is 2.01. The summed E-state index contributed by atoms with van der Waals surface area (Å²) >= 11 is 0. The third-order valence-electron chi connectivity index (χ3n) is 2.11. The summed E-state index contributed by atoms with van der Waals surface area (Å²) in [7, 11) is 7.58. The third kappa shape index (κ3) is 4.82. The van der Waals surface area contributed by atoms with Crippen molar-refractivity contribution in [2.75, 3.05) is 28.2 Å². The van der Waals surface area contributed by atoms with Gasteiger partial charge in [-0.2, -0.15) is 0 Å². The van der Waals surface area contributed by atoms with E-state index >= 15 is 0 Å². The molecule has 0 bridgehead atoms. The number of hydrogen-bond donors (Lipinski definition) is 0. The summed E-state index contributed by atoms with van der Waals surface area (Å²) < 4.78 is 0. The van der Waals surface area contributed by atoms with E-state index in [0.717, 1.165) is 5.69 Å². The molecular formula is C14H19N3O. The predicted octanol–water partition coefficient (Wildman–Crippen LogP) is 2.17. The minimum absolute atomic E-state index is 0.00756. The average molecular weight is 245 g/mol. The predicted molar refractivity (Wildman–Crippen MR) is 75.4 cm³/mol. The van der Waals surface area contributed by atoms with E-state index in [1.807, 2.05) is 50.1 Å². The van der Waals surface area contributed by atoms with E-state index in [9.17, 15) is 4.79 Å². The van der Waals surface area contributed by atoms with E-state index in [2.05, 4.69) is 4.99 Å². The second kappa shape index (κ2) is 6.59. The number of carbonyl (C=O) groups excluding carboxylic acids is 1. The molecule has 1 aromatic rings. The van der Waals surface area contributed by atoms with Crippen LogP contribution in [0, 0.1) is 0 Å². The van der Waals surface area contributed by atoms with Crippen LogP contribution in [-0.4, -0.2) is 50.1 Å². The largest absolute Gasteiger partial charge is 0.383 e. The lowest BCUT2D eigenvalue weighted by molar-refractivity contribution is 0.104. The molecule has 1 aromatic carbocycles. The van der Waals surface area contributed by atoms with Crippen LogP contribution in [-0.2, 0) is 0 Å². The first-order valence-corrected chi connectivity index (χ1v) is 5.68. The van der Waals surface area contributed by atoms with E-state index in [4.69, 9.17) is 0 Å². The molecule has 0 aliphatic heterocycles. The smallest absolute Gasteiger partial charge is 0.187 e. The second-order valence-electron chi connectivity index (χ2n) is 4.40. The third-order valence-corrected chi connectivity index (χ3v) is 2.11. The van der Waals surface area contributed by atoms with Gasteiger partial charge in [0.25, 0.3) is 0 Å². The van der Waals surface area contributed by atoms with Crippen LogP contribution < -0.4 is 0 Å². The van der Waals surface area contributed by atoms with Crippen LogP contribution in [0.25, 0.3) is 0 Å². The Hall–Kier alpha value is -2.10. The van der Waals surface area contributed by atoms with Gasteiger partial charge in [0, 0.05) is 46.0 Å². The molecule has 0 aromatic heterocycles. The monoisotopic (exact) mass is 245 g/mol. The molecule has 0 fully saturated rings. The van der Waals surface area contributed by atoms with Crippen LogP contribution in [0.3, 0.4) is 0 Å². The molecule has 0 unspecified atom stereocenters. The lowest BCUT2D eigenvalue weighted by Crippen LogP contribution is -2.06. The van der Waals surface area contributed by atoms with E-state index in [-0.39, 0.29) is 5.78 Å². The molecule has 0 saturated heterocycles. The van der Waals surface area contributed by atoms with Crippen molar-refractivity contribution in [2.24, 2.45) is 4.99 Å². The molecule has 0 spiro atoms. The van der Waals surface area contributed by atoms with E-state index in [1.54, 1.807) is 30.7 Å². The van der Waals surface area contributed by atoms with Gasteiger partial charge in [-0.15, -0.1) is 0 Å². The van der Waals surface area contributed by atoms with Crippen LogP contribution in [0.15, 0.2) is 41.5 Å². The number of rotatable bonds is 5. The highest BCUT2D eigenvalue weighted by Crippen LogP contribution is 2.13. The van der Waals surface area contributed by atoms with Gasteiger partial charge in [0.05, 0.1) is 12.0 Å². The van der Waals surface area contributed by atoms with Crippen LogP contribution in [0.1, 0.15) is 10.4 Å². The quantitative estimate of drug-likeness (QED) is 0.345. The Morgan fingerprint density at radius 2 is 1.67 bits per heavy atom. The lowest BCUT2D eigenvalue weighted by Gasteiger charge is -2.04. The fraction of sp³-hybridized carbons (Fsp3) is 0.286. The molecule has 1 rings (SSSR count). The van der Waals surface area contributed by atoms with Gasteiger partial charge in [0.15, 0.2) is 5.78 Å². The number of carbonyl (C=O) groups is 1. The van der Waals surface area contributed by atoms with Gasteiger partial charge in [0.2, 0.25) is 0 Å². The Morgan fingerprint density at radius 1 is 1.06 bits per heavy atom. The number of benzene rings is 1. The zero-order valence-corrected chi connectivity index (χ0v) is 11.3.